The summed E-state index contributed by atoms with van der Waals surface area (Å²) in [5.41, 5.74) is 0.339. The lowest BCUT2D eigenvalue weighted by molar-refractivity contribution is -0.139. The van der Waals surface area contributed by atoms with Gasteiger partial charge in [0.1, 0.15) is 13.2 Å². The Kier molecular flexibility index (Phi) is 11.4. The topological polar surface area (TPSA) is 66.4 Å². The first-order chi connectivity index (χ1) is 10.3. The van der Waals surface area contributed by atoms with Gasteiger partial charge in [-0.05, 0) is 26.3 Å². The highest BCUT2D eigenvalue weighted by Gasteiger charge is 2.27. The van der Waals surface area contributed by atoms with Gasteiger partial charge in [0.15, 0.2) is 0 Å². The van der Waals surface area contributed by atoms with Crippen LogP contribution in [0.1, 0.15) is 20.3 Å². The van der Waals surface area contributed by atoms with E-state index in [1.54, 1.807) is 6.92 Å². The average Bonchev–Trinajstić information content (AvgIpc) is 2.47. The molecule has 0 saturated heterocycles. The molecule has 128 valence electrons. The Bertz CT molecular complexity index is 391. The van der Waals surface area contributed by atoms with Crippen LogP contribution in [0.5, 0.6) is 0 Å². The van der Waals surface area contributed by atoms with E-state index >= 15 is 0 Å². The van der Waals surface area contributed by atoms with Crippen LogP contribution < -0.4 is 0 Å². The van der Waals surface area contributed by atoms with Gasteiger partial charge in [-0.2, -0.15) is 0 Å². The Balaban J connectivity index is 4.06. The van der Waals surface area contributed by atoms with Crippen molar-refractivity contribution >= 4 is 41.1 Å². The minimum absolute atomic E-state index is 0.0981. The summed E-state index contributed by atoms with van der Waals surface area (Å²) in [7, 11) is 1.50. The second kappa shape index (κ2) is 11.8. The maximum Gasteiger partial charge on any atom is 0.389 e. The molecular formula is C13H23Cl2NO5Si. The van der Waals surface area contributed by atoms with Crippen molar-refractivity contribution in [3.05, 3.63) is 12.2 Å². The van der Waals surface area contributed by atoms with Gasteiger partial charge in [0.2, 0.25) is 0 Å². The van der Waals surface area contributed by atoms with Gasteiger partial charge in [-0.3, -0.25) is 0 Å². The molecule has 0 atom stereocenters. The number of carbonyl (C=O) groups excluding carboxylic acids is 1. The fourth-order valence-corrected chi connectivity index (χ4v) is 2.78. The molecule has 22 heavy (non-hydrogen) atoms. The summed E-state index contributed by atoms with van der Waals surface area (Å²) in [6.07, 6.45) is 0.820. The molecule has 0 aliphatic carbocycles. The van der Waals surface area contributed by atoms with Gasteiger partial charge in [-0.25, -0.2) is 9.79 Å². The first kappa shape index (κ1) is 21.2. The van der Waals surface area contributed by atoms with Crippen LogP contribution in [-0.2, 0) is 23.4 Å². The zero-order valence-corrected chi connectivity index (χ0v) is 15.7. The van der Waals surface area contributed by atoms with Crippen LogP contribution >= 0.6 is 22.2 Å². The van der Waals surface area contributed by atoms with E-state index in [2.05, 4.69) is 11.6 Å². The lowest BCUT2D eigenvalue weighted by Crippen LogP contribution is -2.22. The summed E-state index contributed by atoms with van der Waals surface area (Å²) >= 11 is 11.9. The number of hydrogen-bond acceptors (Lipinski definition) is 6. The predicted molar refractivity (Wildman–Crippen MR) is 89.5 cm³/mol. The average molecular weight is 372 g/mol. The monoisotopic (exact) mass is 371 g/mol. The van der Waals surface area contributed by atoms with Gasteiger partial charge in [0, 0.05) is 19.2 Å². The van der Waals surface area contributed by atoms with Crippen molar-refractivity contribution in [2.75, 3.05) is 33.5 Å². The molecule has 0 heterocycles. The molecule has 0 aromatic heterocycles. The first-order valence-electron chi connectivity index (χ1n) is 6.88. The van der Waals surface area contributed by atoms with Gasteiger partial charge >= 0.3 is 19.0 Å². The zero-order valence-electron chi connectivity index (χ0n) is 13.2. The number of aliphatic imine (C=N–C) groups is 1. The molecule has 0 aromatic carbocycles. The smallest absolute Gasteiger partial charge is 0.389 e. The van der Waals surface area contributed by atoms with Gasteiger partial charge in [0.05, 0.1) is 6.61 Å². The van der Waals surface area contributed by atoms with Gasteiger partial charge in [-0.15, -0.1) is 22.2 Å². The molecule has 0 saturated carbocycles. The molecule has 0 N–H and O–H groups in total. The Morgan fingerprint density at radius 1 is 1.23 bits per heavy atom. The summed E-state index contributed by atoms with van der Waals surface area (Å²) < 4.78 is 20.5. The summed E-state index contributed by atoms with van der Waals surface area (Å²) in [6, 6.07) is 0.561. The molecule has 6 nitrogen and oxygen atoms in total. The molecule has 9 heteroatoms. The highest BCUT2D eigenvalue weighted by Crippen LogP contribution is 2.22. The molecule has 0 fully saturated rings. The molecule has 0 rings (SSSR count). The SMILES string of the molecule is C=C(C)C(=O)OCCOC(=NCCC[Si](Cl)(Cl)OC)OCC. The van der Waals surface area contributed by atoms with E-state index in [0.717, 1.165) is 0 Å². The van der Waals surface area contributed by atoms with Crippen LogP contribution in [0.2, 0.25) is 6.04 Å². The van der Waals surface area contributed by atoms with E-state index in [4.69, 9.17) is 40.8 Å². The predicted octanol–water partition coefficient (Wildman–Crippen LogP) is 2.97. The standard InChI is InChI=1S/C13H23Cl2NO5Si/c1-5-19-13(16-7-6-10-22(14,15)18-4)21-9-8-20-12(17)11(2)3/h2,5-10H2,1,3-4H3. The second-order valence-electron chi connectivity index (χ2n) is 4.29. The molecule has 0 radical (unpaired) electrons. The minimum atomic E-state index is -2.59. The molecule has 0 amide bonds. The Morgan fingerprint density at radius 3 is 2.41 bits per heavy atom. The highest BCUT2D eigenvalue weighted by atomic mass is 35.7. The number of halogens is 2. The lowest BCUT2D eigenvalue weighted by Gasteiger charge is -2.13. The first-order valence-corrected chi connectivity index (χ1v) is 11.0. The Hall–Kier alpha value is -0.763. The fraction of sp³-hybridized carbons (Fsp3) is 0.692. The van der Waals surface area contributed by atoms with Crippen LogP contribution in [0.4, 0.5) is 0 Å². The largest absolute Gasteiger partial charge is 0.459 e. The van der Waals surface area contributed by atoms with Crippen molar-refractivity contribution in [3.63, 3.8) is 0 Å². The number of esters is 1. The van der Waals surface area contributed by atoms with Gasteiger partial charge < -0.3 is 18.6 Å². The van der Waals surface area contributed by atoms with Crippen molar-refractivity contribution in [2.24, 2.45) is 4.99 Å². The molecule has 0 bridgehead atoms. The number of hydrogen-bond donors (Lipinski definition) is 0. The summed E-state index contributed by atoms with van der Waals surface area (Å²) in [5, 5.41) is 0. The Labute approximate surface area is 141 Å². The molecule has 0 spiro atoms. The minimum Gasteiger partial charge on any atom is -0.459 e. The van der Waals surface area contributed by atoms with E-state index in [-0.39, 0.29) is 19.3 Å². The van der Waals surface area contributed by atoms with E-state index < -0.39 is 12.9 Å². The maximum atomic E-state index is 11.2. The normalized spacial score (nSPS) is 12.0. The third-order valence-corrected chi connectivity index (χ3v) is 5.92. The number of rotatable bonds is 10. The van der Waals surface area contributed by atoms with Crippen molar-refractivity contribution in [2.45, 2.75) is 26.3 Å². The quantitative estimate of drug-likeness (QED) is 0.112. The third kappa shape index (κ3) is 10.9. The summed E-state index contributed by atoms with van der Waals surface area (Å²) in [4.78, 5) is 15.3. The fourth-order valence-electron chi connectivity index (χ4n) is 1.20. The van der Waals surface area contributed by atoms with Crippen molar-refractivity contribution < 1.29 is 23.4 Å². The second-order valence-corrected chi connectivity index (χ2v) is 10.7. The van der Waals surface area contributed by atoms with Gasteiger partial charge in [0.25, 0.3) is 0 Å². The van der Waals surface area contributed by atoms with Crippen molar-refractivity contribution in [1.29, 1.82) is 0 Å². The van der Waals surface area contributed by atoms with Crippen LogP contribution in [0.25, 0.3) is 0 Å². The third-order valence-electron chi connectivity index (χ3n) is 2.32. The van der Waals surface area contributed by atoms with Gasteiger partial charge in [-0.1, -0.05) is 6.58 Å². The Morgan fingerprint density at radius 2 is 1.86 bits per heavy atom. The van der Waals surface area contributed by atoms with E-state index in [9.17, 15) is 4.79 Å². The zero-order chi connectivity index (χ0) is 17.0. The van der Waals surface area contributed by atoms with E-state index in [1.165, 1.54) is 7.11 Å². The van der Waals surface area contributed by atoms with Crippen LogP contribution in [0.3, 0.4) is 0 Å². The molecule has 0 unspecified atom stereocenters. The van der Waals surface area contributed by atoms with Crippen LogP contribution in [0.15, 0.2) is 17.1 Å². The lowest BCUT2D eigenvalue weighted by atomic mass is 10.4. The molecule has 0 aliphatic heterocycles. The summed E-state index contributed by atoms with van der Waals surface area (Å²) in [5.74, 6) is -0.455. The number of carbonyl (C=O) groups is 1. The van der Waals surface area contributed by atoms with Crippen molar-refractivity contribution in [1.82, 2.24) is 0 Å². The molecule has 0 aromatic rings. The molecular weight excluding hydrogens is 349 g/mol. The number of nitrogens with zero attached hydrogens (tertiary/aromatic N) is 1. The number of ether oxygens (including phenoxy) is 3. The summed E-state index contributed by atoms with van der Waals surface area (Å²) in [6.45, 7) is 5.41. The van der Waals surface area contributed by atoms with E-state index in [0.29, 0.717) is 31.2 Å². The van der Waals surface area contributed by atoms with Crippen LogP contribution in [0, 0.1) is 0 Å². The van der Waals surface area contributed by atoms with Crippen LogP contribution in [-0.4, -0.2) is 52.5 Å². The maximum absolute atomic E-state index is 11.2. The van der Waals surface area contributed by atoms with E-state index in [1.807, 2.05) is 6.92 Å². The highest BCUT2D eigenvalue weighted by molar-refractivity contribution is 7.42. The molecule has 0 aliphatic rings. The van der Waals surface area contributed by atoms with Crippen molar-refractivity contribution in [3.8, 4) is 0 Å².